The van der Waals surface area contributed by atoms with E-state index in [0.717, 1.165) is 5.56 Å². The molecule has 0 aliphatic carbocycles. The van der Waals surface area contributed by atoms with Crippen molar-refractivity contribution in [3.05, 3.63) is 28.8 Å². The largest absolute Gasteiger partial charge is 0.305 e. The summed E-state index contributed by atoms with van der Waals surface area (Å²) in [6.07, 6.45) is 0. The fraction of sp³-hybridized carbons (Fsp3) is 0.143. The molecule has 0 atom stereocenters. The average molecular weight is 170 g/mol. The van der Waals surface area contributed by atoms with Gasteiger partial charge in [-0.15, -0.1) is 5.11 Å². The molecule has 0 aromatic heterocycles. The van der Waals surface area contributed by atoms with Crippen LogP contribution < -0.4 is 5.84 Å². The third-order valence-electron chi connectivity index (χ3n) is 1.33. The summed E-state index contributed by atoms with van der Waals surface area (Å²) in [7, 11) is 0. The molecule has 0 amide bonds. The first-order chi connectivity index (χ1) is 5.24. The van der Waals surface area contributed by atoms with Gasteiger partial charge in [-0.25, -0.2) is 0 Å². The molecule has 0 fully saturated rings. The van der Waals surface area contributed by atoms with E-state index in [0.29, 0.717) is 10.7 Å². The number of halogens is 1. The molecule has 0 aliphatic rings. The van der Waals surface area contributed by atoms with Gasteiger partial charge in [0.2, 0.25) is 0 Å². The number of nitrogens with zero attached hydrogens (tertiary/aromatic N) is 2. The molecule has 0 saturated carbocycles. The van der Waals surface area contributed by atoms with Gasteiger partial charge < -0.3 is 5.84 Å². The number of rotatable bonds is 1. The molecule has 1 aromatic rings. The van der Waals surface area contributed by atoms with Crippen LogP contribution >= 0.6 is 11.6 Å². The first-order valence-electron chi connectivity index (χ1n) is 3.11. The van der Waals surface area contributed by atoms with E-state index in [9.17, 15) is 0 Å². The summed E-state index contributed by atoms with van der Waals surface area (Å²) in [4.78, 5) is 0. The maximum atomic E-state index is 5.81. The molecule has 0 aliphatic heterocycles. The van der Waals surface area contributed by atoms with Gasteiger partial charge in [0, 0.05) is 5.02 Å². The van der Waals surface area contributed by atoms with Gasteiger partial charge in [0.1, 0.15) is 0 Å². The summed E-state index contributed by atoms with van der Waals surface area (Å²) in [5.41, 5.74) is 1.69. The van der Waals surface area contributed by atoms with Crippen LogP contribution in [0.1, 0.15) is 5.56 Å². The zero-order chi connectivity index (χ0) is 8.27. The second-order valence-electron chi connectivity index (χ2n) is 2.15. The van der Waals surface area contributed by atoms with Crippen molar-refractivity contribution in [2.24, 2.45) is 16.2 Å². The molecule has 3 nitrogen and oxygen atoms in total. The third kappa shape index (κ3) is 1.91. The monoisotopic (exact) mass is 169 g/mol. The molecule has 0 bridgehead atoms. The zero-order valence-electron chi connectivity index (χ0n) is 6.08. The van der Waals surface area contributed by atoms with Crippen LogP contribution in [0.3, 0.4) is 0 Å². The Hall–Kier alpha value is -1.09. The van der Waals surface area contributed by atoms with Crippen LogP contribution in [0.15, 0.2) is 28.5 Å². The summed E-state index contributed by atoms with van der Waals surface area (Å²) >= 11 is 5.81. The van der Waals surface area contributed by atoms with E-state index >= 15 is 0 Å². The second-order valence-corrected chi connectivity index (χ2v) is 2.56. The number of benzene rings is 1. The summed E-state index contributed by atoms with van der Waals surface area (Å²) < 4.78 is 0. The lowest BCUT2D eigenvalue weighted by Crippen LogP contribution is -1.76. The van der Waals surface area contributed by atoms with E-state index in [1.165, 1.54) is 0 Å². The normalized spacial score (nSPS) is 10.7. The van der Waals surface area contributed by atoms with Crippen LogP contribution in [0.25, 0.3) is 0 Å². The lowest BCUT2D eigenvalue weighted by Gasteiger charge is -1.96. The fourth-order valence-corrected chi connectivity index (χ4v) is 0.885. The quantitative estimate of drug-likeness (QED) is 0.392. The van der Waals surface area contributed by atoms with Crippen molar-refractivity contribution in [1.82, 2.24) is 0 Å². The van der Waals surface area contributed by atoms with Gasteiger partial charge in [-0.3, -0.25) is 0 Å². The Bertz CT molecular complexity index is 283. The van der Waals surface area contributed by atoms with E-state index in [4.69, 9.17) is 17.4 Å². The highest BCUT2D eigenvalue weighted by atomic mass is 35.5. The van der Waals surface area contributed by atoms with Gasteiger partial charge in [-0.1, -0.05) is 22.9 Å². The van der Waals surface area contributed by atoms with Gasteiger partial charge in [0.15, 0.2) is 0 Å². The van der Waals surface area contributed by atoms with Crippen LogP contribution in [0, 0.1) is 6.92 Å². The fourth-order valence-electron chi connectivity index (χ4n) is 0.711. The first kappa shape index (κ1) is 8.01. The Labute approximate surface area is 69.9 Å². The average Bonchev–Trinajstić information content (AvgIpc) is 1.98. The Morgan fingerprint density at radius 3 is 2.73 bits per heavy atom. The highest BCUT2D eigenvalue weighted by Gasteiger charge is 1.95. The van der Waals surface area contributed by atoms with Crippen molar-refractivity contribution in [2.75, 3.05) is 0 Å². The Kier molecular flexibility index (Phi) is 2.44. The Morgan fingerprint density at radius 2 is 2.18 bits per heavy atom. The van der Waals surface area contributed by atoms with Crippen molar-refractivity contribution < 1.29 is 0 Å². The molecule has 0 saturated heterocycles. The van der Waals surface area contributed by atoms with E-state index in [-0.39, 0.29) is 0 Å². The lowest BCUT2D eigenvalue weighted by molar-refractivity contribution is 1.06. The second kappa shape index (κ2) is 3.34. The molecule has 1 aromatic carbocycles. The zero-order valence-corrected chi connectivity index (χ0v) is 6.84. The third-order valence-corrected chi connectivity index (χ3v) is 1.74. The lowest BCUT2D eigenvalue weighted by atomic mass is 10.2. The number of nitrogens with two attached hydrogens (primary N) is 1. The van der Waals surface area contributed by atoms with E-state index in [1.807, 2.05) is 13.0 Å². The van der Waals surface area contributed by atoms with Crippen molar-refractivity contribution in [3.8, 4) is 0 Å². The van der Waals surface area contributed by atoms with Crippen molar-refractivity contribution >= 4 is 17.3 Å². The van der Waals surface area contributed by atoms with Crippen molar-refractivity contribution in [2.45, 2.75) is 6.92 Å². The predicted octanol–water partition coefficient (Wildman–Crippen LogP) is 2.61. The van der Waals surface area contributed by atoms with Gasteiger partial charge in [0.05, 0.1) is 5.69 Å². The van der Waals surface area contributed by atoms with Crippen molar-refractivity contribution in [3.63, 3.8) is 0 Å². The van der Waals surface area contributed by atoms with Crippen LogP contribution in [0.4, 0.5) is 5.69 Å². The van der Waals surface area contributed by atoms with E-state index < -0.39 is 0 Å². The molecule has 4 heteroatoms. The molecule has 0 radical (unpaired) electrons. The minimum Gasteiger partial charge on any atom is -0.305 e. The summed E-state index contributed by atoms with van der Waals surface area (Å²) in [6.45, 7) is 1.92. The number of hydrogen-bond acceptors (Lipinski definition) is 2. The van der Waals surface area contributed by atoms with Crippen molar-refractivity contribution in [1.29, 1.82) is 0 Å². The highest BCUT2D eigenvalue weighted by molar-refractivity contribution is 6.31. The van der Waals surface area contributed by atoms with E-state index in [1.54, 1.807) is 12.1 Å². The summed E-state index contributed by atoms with van der Waals surface area (Å²) in [5, 5.41) is 7.45. The molecule has 0 spiro atoms. The summed E-state index contributed by atoms with van der Waals surface area (Å²) in [6, 6.07) is 5.39. The van der Waals surface area contributed by atoms with Gasteiger partial charge in [-0.05, 0) is 24.6 Å². The van der Waals surface area contributed by atoms with Crippen LogP contribution in [-0.2, 0) is 0 Å². The first-order valence-corrected chi connectivity index (χ1v) is 3.49. The smallest absolute Gasteiger partial charge is 0.0889 e. The summed E-state index contributed by atoms with van der Waals surface area (Å²) in [5.74, 6) is 4.86. The Balaban J connectivity index is 3.05. The topological polar surface area (TPSA) is 50.7 Å². The van der Waals surface area contributed by atoms with Gasteiger partial charge in [0.25, 0.3) is 0 Å². The predicted molar refractivity (Wildman–Crippen MR) is 44.9 cm³/mol. The molecule has 0 unspecified atom stereocenters. The highest BCUT2D eigenvalue weighted by Crippen LogP contribution is 2.21. The number of hydrogen-bond donors (Lipinski definition) is 1. The van der Waals surface area contributed by atoms with Gasteiger partial charge >= 0.3 is 0 Å². The van der Waals surface area contributed by atoms with Gasteiger partial charge in [-0.2, -0.15) is 0 Å². The standard InChI is InChI=1S/C7H8ClN3/c1-5-2-3-6(10-11-9)4-7(5)8/h2-4H,1H3,(H2,9,10). The minimum absolute atomic E-state index is 0.670. The molecule has 0 heterocycles. The Morgan fingerprint density at radius 1 is 1.45 bits per heavy atom. The maximum Gasteiger partial charge on any atom is 0.0889 e. The minimum atomic E-state index is 0.670. The van der Waals surface area contributed by atoms with Crippen LogP contribution in [0.2, 0.25) is 5.02 Å². The molecule has 1 rings (SSSR count). The van der Waals surface area contributed by atoms with Crippen LogP contribution in [-0.4, -0.2) is 0 Å². The number of aryl methyl sites for hydroxylation is 1. The van der Waals surface area contributed by atoms with E-state index in [2.05, 4.69) is 10.3 Å². The molecule has 2 N–H and O–H groups in total. The molecular formula is C7H8ClN3. The molecule has 58 valence electrons. The maximum absolute atomic E-state index is 5.81. The SMILES string of the molecule is Cc1ccc(N=NN)cc1Cl. The molecule has 11 heavy (non-hydrogen) atoms. The van der Waals surface area contributed by atoms with Crippen LogP contribution in [0.5, 0.6) is 0 Å². The molecular weight excluding hydrogens is 162 g/mol.